The lowest BCUT2D eigenvalue weighted by atomic mass is 10.4. The highest BCUT2D eigenvalue weighted by Gasteiger charge is 2.11. The minimum absolute atomic E-state index is 0.0153. The van der Waals surface area contributed by atoms with Gasteiger partial charge in [0.25, 0.3) is 5.56 Å². The van der Waals surface area contributed by atoms with Crippen molar-refractivity contribution in [2.24, 2.45) is 0 Å². The molecule has 0 aliphatic heterocycles. The molecule has 2 rings (SSSR count). The molecule has 0 atom stereocenters. The molecule has 8 heteroatoms. The minimum atomic E-state index is -0.381. The Morgan fingerprint density at radius 2 is 2.17 bits per heavy atom. The number of rotatable bonds is 3. The fourth-order valence-electron chi connectivity index (χ4n) is 1.57. The van der Waals surface area contributed by atoms with E-state index in [2.05, 4.69) is 15.1 Å². The number of hydrogen-bond acceptors (Lipinski definition) is 5. The van der Waals surface area contributed by atoms with Crippen LogP contribution in [0.25, 0.3) is 0 Å². The van der Waals surface area contributed by atoms with Crippen LogP contribution < -0.4 is 11.3 Å². The number of halogens is 1. The average molecular weight is 269 g/mol. The number of nitrogens with zero attached hydrogens (tertiary/aromatic N) is 5. The van der Waals surface area contributed by atoms with Crippen LogP contribution in [0, 0.1) is 0 Å². The van der Waals surface area contributed by atoms with Crippen LogP contribution in [0.3, 0.4) is 0 Å². The molecular formula is C10H13ClN6O. The van der Waals surface area contributed by atoms with Gasteiger partial charge in [-0.05, 0) is 13.8 Å². The normalized spacial score (nSPS) is 11.1. The zero-order valence-corrected chi connectivity index (χ0v) is 10.8. The van der Waals surface area contributed by atoms with Crippen molar-refractivity contribution in [2.45, 2.75) is 26.4 Å². The van der Waals surface area contributed by atoms with E-state index >= 15 is 0 Å². The summed E-state index contributed by atoms with van der Waals surface area (Å²) in [4.78, 5) is 19.8. The van der Waals surface area contributed by atoms with Gasteiger partial charge in [-0.1, -0.05) is 11.6 Å². The molecule has 0 bridgehead atoms. The summed E-state index contributed by atoms with van der Waals surface area (Å²) >= 11 is 5.67. The summed E-state index contributed by atoms with van der Waals surface area (Å²) < 4.78 is 3.08. The molecule has 0 unspecified atom stereocenters. The molecule has 18 heavy (non-hydrogen) atoms. The quantitative estimate of drug-likeness (QED) is 0.828. The van der Waals surface area contributed by atoms with Gasteiger partial charge in [0.1, 0.15) is 17.8 Å². The number of nitrogen functional groups attached to an aromatic ring is 1. The molecule has 0 amide bonds. The zero-order chi connectivity index (χ0) is 13.3. The summed E-state index contributed by atoms with van der Waals surface area (Å²) in [5.74, 6) is 0.663. The van der Waals surface area contributed by atoms with Crippen LogP contribution >= 0.6 is 11.6 Å². The summed E-state index contributed by atoms with van der Waals surface area (Å²) in [6.07, 6.45) is 2.80. The first-order valence-corrected chi connectivity index (χ1v) is 5.77. The van der Waals surface area contributed by atoms with Crippen LogP contribution in [0.1, 0.15) is 25.7 Å². The Balaban J connectivity index is 2.38. The number of nitrogens with two attached hydrogens (primary N) is 1. The fraction of sp³-hybridized carbons (Fsp3) is 0.400. The first-order chi connectivity index (χ1) is 8.50. The first-order valence-electron chi connectivity index (χ1n) is 5.39. The van der Waals surface area contributed by atoms with Crippen LogP contribution in [-0.2, 0) is 6.54 Å². The summed E-state index contributed by atoms with van der Waals surface area (Å²) in [7, 11) is 0. The van der Waals surface area contributed by atoms with Crippen molar-refractivity contribution in [3.05, 3.63) is 34.0 Å². The van der Waals surface area contributed by atoms with E-state index in [-0.39, 0.29) is 29.0 Å². The standard InChI is InChI=1S/C10H13ClN6O/c1-6(2)17-7(13-4-15-17)3-16-5-14-9(11)8(12)10(16)18/h4-6H,3,12H2,1-2H3. The van der Waals surface area contributed by atoms with Gasteiger partial charge >= 0.3 is 0 Å². The molecule has 0 aliphatic carbocycles. The van der Waals surface area contributed by atoms with Crippen molar-refractivity contribution in [3.8, 4) is 0 Å². The minimum Gasteiger partial charge on any atom is -0.392 e. The largest absolute Gasteiger partial charge is 0.392 e. The van der Waals surface area contributed by atoms with Gasteiger partial charge in [0.15, 0.2) is 5.15 Å². The predicted molar refractivity (Wildman–Crippen MR) is 67.4 cm³/mol. The van der Waals surface area contributed by atoms with E-state index in [9.17, 15) is 4.79 Å². The average Bonchev–Trinajstić information content (AvgIpc) is 2.78. The molecular weight excluding hydrogens is 256 g/mol. The highest BCUT2D eigenvalue weighted by atomic mass is 35.5. The number of aromatic nitrogens is 5. The number of anilines is 1. The maximum absolute atomic E-state index is 11.9. The molecule has 0 aliphatic rings. The second kappa shape index (κ2) is 4.77. The molecule has 96 valence electrons. The van der Waals surface area contributed by atoms with Crippen LogP contribution in [0.5, 0.6) is 0 Å². The van der Waals surface area contributed by atoms with Crippen LogP contribution in [0.2, 0.25) is 5.15 Å². The summed E-state index contributed by atoms with van der Waals surface area (Å²) in [5, 5.41) is 4.11. The molecule has 0 radical (unpaired) electrons. The van der Waals surface area contributed by atoms with Crippen molar-refractivity contribution >= 4 is 17.3 Å². The third-order valence-electron chi connectivity index (χ3n) is 2.47. The van der Waals surface area contributed by atoms with E-state index < -0.39 is 0 Å². The lowest BCUT2D eigenvalue weighted by molar-refractivity contribution is 0.493. The van der Waals surface area contributed by atoms with E-state index in [1.54, 1.807) is 4.68 Å². The van der Waals surface area contributed by atoms with Gasteiger partial charge < -0.3 is 5.73 Å². The second-order valence-corrected chi connectivity index (χ2v) is 4.45. The van der Waals surface area contributed by atoms with Crippen molar-refractivity contribution < 1.29 is 0 Å². The Labute approximate surface area is 108 Å². The van der Waals surface area contributed by atoms with E-state index in [1.807, 2.05) is 13.8 Å². The molecule has 0 spiro atoms. The monoisotopic (exact) mass is 268 g/mol. The van der Waals surface area contributed by atoms with Crippen LogP contribution in [0.15, 0.2) is 17.4 Å². The third kappa shape index (κ3) is 2.21. The molecule has 2 aromatic heterocycles. The topological polar surface area (TPSA) is 91.6 Å². The van der Waals surface area contributed by atoms with Gasteiger partial charge in [-0.2, -0.15) is 5.10 Å². The zero-order valence-electron chi connectivity index (χ0n) is 10.0. The van der Waals surface area contributed by atoms with Gasteiger partial charge in [0.05, 0.1) is 12.9 Å². The fourth-order valence-corrected chi connectivity index (χ4v) is 1.69. The summed E-state index contributed by atoms with van der Waals surface area (Å²) in [6, 6.07) is 0.163. The van der Waals surface area contributed by atoms with Gasteiger partial charge in [-0.15, -0.1) is 0 Å². The van der Waals surface area contributed by atoms with Gasteiger partial charge in [-0.3, -0.25) is 9.36 Å². The summed E-state index contributed by atoms with van der Waals surface area (Å²) in [6.45, 7) is 4.22. The molecule has 2 aromatic rings. The summed E-state index contributed by atoms with van der Waals surface area (Å²) in [5.41, 5.74) is 5.10. The Hall–Kier alpha value is -1.89. The maximum Gasteiger partial charge on any atom is 0.278 e. The Morgan fingerprint density at radius 1 is 1.44 bits per heavy atom. The lowest BCUT2D eigenvalue weighted by Gasteiger charge is -2.10. The van der Waals surface area contributed by atoms with E-state index in [0.29, 0.717) is 5.82 Å². The maximum atomic E-state index is 11.9. The van der Waals surface area contributed by atoms with Crippen molar-refractivity contribution in [3.63, 3.8) is 0 Å². The van der Waals surface area contributed by atoms with Crippen LogP contribution in [-0.4, -0.2) is 24.3 Å². The molecule has 7 nitrogen and oxygen atoms in total. The second-order valence-electron chi connectivity index (χ2n) is 4.10. The van der Waals surface area contributed by atoms with Gasteiger partial charge in [-0.25, -0.2) is 14.6 Å². The SMILES string of the molecule is CC(C)n1ncnc1Cn1cnc(Cl)c(N)c1=O. The van der Waals surface area contributed by atoms with E-state index in [0.717, 1.165) is 0 Å². The Kier molecular flexibility index (Phi) is 3.33. The third-order valence-corrected chi connectivity index (χ3v) is 2.77. The van der Waals surface area contributed by atoms with Crippen molar-refractivity contribution in [2.75, 3.05) is 5.73 Å². The lowest BCUT2D eigenvalue weighted by Crippen LogP contribution is -2.25. The molecule has 2 heterocycles. The molecule has 0 saturated heterocycles. The number of hydrogen-bond donors (Lipinski definition) is 1. The van der Waals surface area contributed by atoms with Gasteiger partial charge in [0.2, 0.25) is 0 Å². The highest BCUT2D eigenvalue weighted by molar-refractivity contribution is 6.31. The van der Waals surface area contributed by atoms with E-state index in [4.69, 9.17) is 17.3 Å². The van der Waals surface area contributed by atoms with Crippen LogP contribution in [0.4, 0.5) is 5.69 Å². The molecule has 0 fully saturated rings. The Bertz CT molecular complexity index is 617. The molecule has 0 aromatic carbocycles. The smallest absolute Gasteiger partial charge is 0.278 e. The predicted octanol–water partition coefficient (Wildman–Crippen LogP) is 0.700. The highest BCUT2D eigenvalue weighted by Crippen LogP contribution is 2.10. The molecule has 0 saturated carbocycles. The van der Waals surface area contributed by atoms with E-state index in [1.165, 1.54) is 17.2 Å². The Morgan fingerprint density at radius 3 is 2.83 bits per heavy atom. The van der Waals surface area contributed by atoms with Crippen molar-refractivity contribution in [1.29, 1.82) is 0 Å². The van der Waals surface area contributed by atoms with Gasteiger partial charge in [0, 0.05) is 6.04 Å². The first kappa shape index (κ1) is 12.6. The van der Waals surface area contributed by atoms with Crippen molar-refractivity contribution in [1.82, 2.24) is 24.3 Å². The molecule has 2 N–H and O–H groups in total.